The predicted molar refractivity (Wildman–Crippen MR) is 118 cm³/mol. The molecule has 1 aromatic carbocycles. The van der Waals surface area contributed by atoms with Gasteiger partial charge in [0.1, 0.15) is 16.6 Å². The van der Waals surface area contributed by atoms with Crippen molar-refractivity contribution in [1.29, 1.82) is 0 Å². The van der Waals surface area contributed by atoms with Gasteiger partial charge in [0.05, 0.1) is 5.69 Å². The molecule has 6 N–H and O–H groups in total. The SMILES string of the molecule is CC(c1ncccc1CNc1nc(Nc2ccc(CN)cc2)ncc1C(F)(F)F)S(N)(=O)=O. The summed E-state index contributed by atoms with van der Waals surface area (Å²) in [6.07, 6.45) is -2.66. The first-order valence-corrected chi connectivity index (χ1v) is 11.3. The Morgan fingerprint density at radius 3 is 2.42 bits per heavy atom. The maximum Gasteiger partial charge on any atom is 0.421 e. The lowest BCUT2D eigenvalue weighted by Gasteiger charge is -2.17. The van der Waals surface area contributed by atoms with Crippen LogP contribution in [-0.2, 0) is 29.3 Å². The van der Waals surface area contributed by atoms with Gasteiger partial charge in [-0.2, -0.15) is 18.2 Å². The molecule has 3 rings (SSSR count). The number of aromatic nitrogens is 3. The molecule has 1 unspecified atom stereocenters. The molecule has 2 heterocycles. The average molecular weight is 482 g/mol. The quantitative estimate of drug-likeness (QED) is 0.384. The summed E-state index contributed by atoms with van der Waals surface area (Å²) >= 11 is 0. The van der Waals surface area contributed by atoms with Crippen molar-refractivity contribution < 1.29 is 21.6 Å². The molecule has 0 saturated heterocycles. The van der Waals surface area contributed by atoms with Crippen LogP contribution in [0.5, 0.6) is 0 Å². The van der Waals surface area contributed by atoms with Crippen LogP contribution in [0, 0.1) is 0 Å². The van der Waals surface area contributed by atoms with E-state index in [1.165, 1.54) is 13.1 Å². The van der Waals surface area contributed by atoms with E-state index in [-0.39, 0.29) is 18.2 Å². The summed E-state index contributed by atoms with van der Waals surface area (Å²) in [7, 11) is -3.95. The summed E-state index contributed by atoms with van der Waals surface area (Å²) in [5, 5.41) is 9.53. The molecule has 2 aromatic heterocycles. The van der Waals surface area contributed by atoms with Crippen molar-refractivity contribution in [3.63, 3.8) is 0 Å². The topological polar surface area (TPSA) is 149 Å². The third-order valence-corrected chi connectivity index (χ3v) is 6.00. The van der Waals surface area contributed by atoms with E-state index in [2.05, 4.69) is 25.6 Å². The Labute approximate surface area is 188 Å². The van der Waals surface area contributed by atoms with Gasteiger partial charge in [-0.25, -0.2) is 18.5 Å². The van der Waals surface area contributed by atoms with Crippen LogP contribution in [0.25, 0.3) is 0 Å². The number of nitrogens with zero attached hydrogens (tertiary/aromatic N) is 3. The molecule has 0 radical (unpaired) electrons. The molecule has 0 spiro atoms. The van der Waals surface area contributed by atoms with Crippen LogP contribution in [0.3, 0.4) is 0 Å². The highest BCUT2D eigenvalue weighted by molar-refractivity contribution is 7.89. The second-order valence-electron chi connectivity index (χ2n) is 7.11. The minimum Gasteiger partial charge on any atom is -0.365 e. The zero-order chi connectivity index (χ0) is 24.2. The fourth-order valence-electron chi connectivity index (χ4n) is 2.94. The van der Waals surface area contributed by atoms with Crippen LogP contribution < -0.4 is 21.5 Å². The van der Waals surface area contributed by atoms with Gasteiger partial charge in [0.2, 0.25) is 16.0 Å². The Morgan fingerprint density at radius 1 is 1.12 bits per heavy atom. The number of nitrogens with two attached hydrogens (primary N) is 2. The van der Waals surface area contributed by atoms with Crippen molar-refractivity contribution >= 4 is 27.5 Å². The van der Waals surface area contributed by atoms with Gasteiger partial charge in [0.15, 0.2) is 0 Å². The van der Waals surface area contributed by atoms with Gasteiger partial charge in [-0.05, 0) is 36.2 Å². The van der Waals surface area contributed by atoms with E-state index >= 15 is 0 Å². The van der Waals surface area contributed by atoms with Gasteiger partial charge in [0, 0.05) is 31.2 Å². The molecule has 0 amide bonds. The van der Waals surface area contributed by atoms with E-state index in [1.807, 2.05) is 0 Å². The van der Waals surface area contributed by atoms with Crippen LogP contribution in [0.1, 0.15) is 34.6 Å². The molecule has 0 aliphatic carbocycles. The number of halogens is 3. The summed E-state index contributed by atoms with van der Waals surface area (Å²) in [4.78, 5) is 11.8. The molecule has 0 aliphatic heterocycles. The Bertz CT molecular complexity index is 1220. The molecule has 1 atom stereocenters. The Morgan fingerprint density at radius 2 is 1.82 bits per heavy atom. The fraction of sp³-hybridized carbons (Fsp3) is 0.250. The van der Waals surface area contributed by atoms with E-state index in [1.54, 1.807) is 36.4 Å². The summed E-state index contributed by atoms with van der Waals surface area (Å²) in [5.41, 5.74) is 6.43. The molecule has 33 heavy (non-hydrogen) atoms. The molecule has 0 aliphatic rings. The lowest BCUT2D eigenvalue weighted by atomic mass is 10.1. The summed E-state index contributed by atoms with van der Waals surface area (Å²) in [5.74, 6) is -0.535. The average Bonchev–Trinajstić information content (AvgIpc) is 2.76. The van der Waals surface area contributed by atoms with Gasteiger partial charge in [-0.1, -0.05) is 18.2 Å². The second kappa shape index (κ2) is 9.68. The largest absolute Gasteiger partial charge is 0.421 e. The van der Waals surface area contributed by atoms with E-state index in [0.29, 0.717) is 24.0 Å². The van der Waals surface area contributed by atoms with Crippen LogP contribution in [-0.4, -0.2) is 23.4 Å². The van der Waals surface area contributed by atoms with Crippen molar-refractivity contribution in [1.82, 2.24) is 15.0 Å². The van der Waals surface area contributed by atoms with Crippen LogP contribution in [0.2, 0.25) is 0 Å². The smallest absolute Gasteiger partial charge is 0.365 e. The Hall–Kier alpha value is -3.29. The first-order chi connectivity index (χ1) is 15.5. The number of primary sulfonamides is 1. The standard InChI is InChI=1S/C20H22F3N7O2S/c1-12(33(25,31)32)17-14(3-2-8-26-17)10-27-18-16(20(21,22)23)11-28-19(30-18)29-15-6-4-13(9-24)5-7-15/h2-8,11-12H,9-10,24H2,1H3,(H2,25,31,32)(H2,27,28,29,30). The van der Waals surface area contributed by atoms with Gasteiger partial charge >= 0.3 is 6.18 Å². The van der Waals surface area contributed by atoms with Crippen molar-refractivity contribution in [3.05, 3.63) is 71.2 Å². The molecule has 3 aromatic rings. The predicted octanol–water partition coefficient (Wildman–Crippen LogP) is 3.05. The number of hydrogen-bond acceptors (Lipinski definition) is 8. The molecular weight excluding hydrogens is 459 g/mol. The number of hydrogen-bond donors (Lipinski definition) is 4. The van der Waals surface area contributed by atoms with Gasteiger partial charge in [-0.15, -0.1) is 0 Å². The monoisotopic (exact) mass is 481 g/mol. The van der Waals surface area contributed by atoms with Crippen molar-refractivity contribution in [2.24, 2.45) is 10.9 Å². The molecular formula is C20H22F3N7O2S. The van der Waals surface area contributed by atoms with E-state index < -0.39 is 32.8 Å². The molecule has 0 bridgehead atoms. The maximum absolute atomic E-state index is 13.5. The van der Waals surface area contributed by atoms with E-state index in [9.17, 15) is 21.6 Å². The van der Waals surface area contributed by atoms with Crippen molar-refractivity contribution in [3.8, 4) is 0 Å². The summed E-state index contributed by atoms with van der Waals surface area (Å²) in [6, 6.07) is 10.0. The number of alkyl halides is 3. The van der Waals surface area contributed by atoms with Gasteiger partial charge in [0.25, 0.3) is 0 Å². The number of anilines is 3. The molecule has 0 fully saturated rings. The minimum absolute atomic E-state index is 0.0599. The van der Waals surface area contributed by atoms with Crippen LogP contribution in [0.15, 0.2) is 48.8 Å². The molecule has 176 valence electrons. The number of rotatable bonds is 8. The summed E-state index contributed by atoms with van der Waals surface area (Å²) in [6.45, 7) is 1.53. The molecule has 9 nitrogen and oxygen atoms in total. The van der Waals surface area contributed by atoms with Gasteiger partial charge < -0.3 is 16.4 Å². The minimum atomic E-state index is -4.71. The highest BCUT2D eigenvalue weighted by Gasteiger charge is 2.35. The van der Waals surface area contributed by atoms with E-state index in [0.717, 1.165) is 5.56 Å². The Kier molecular flexibility index (Phi) is 7.15. The maximum atomic E-state index is 13.5. The third-order valence-electron chi connectivity index (χ3n) is 4.79. The normalized spacial score (nSPS) is 12.9. The number of benzene rings is 1. The van der Waals surface area contributed by atoms with Crippen molar-refractivity contribution in [2.75, 3.05) is 10.6 Å². The number of sulfonamides is 1. The lowest BCUT2D eigenvalue weighted by molar-refractivity contribution is -0.137. The first-order valence-electron chi connectivity index (χ1n) is 9.68. The van der Waals surface area contributed by atoms with Crippen molar-refractivity contribution in [2.45, 2.75) is 31.4 Å². The van der Waals surface area contributed by atoms with Gasteiger partial charge in [-0.3, -0.25) is 4.98 Å². The highest BCUT2D eigenvalue weighted by atomic mass is 32.2. The number of nitrogens with one attached hydrogen (secondary N) is 2. The zero-order valence-electron chi connectivity index (χ0n) is 17.5. The van der Waals surface area contributed by atoms with Crippen LogP contribution >= 0.6 is 0 Å². The lowest BCUT2D eigenvalue weighted by Crippen LogP contribution is -2.22. The molecule has 13 heteroatoms. The Balaban J connectivity index is 1.89. The zero-order valence-corrected chi connectivity index (χ0v) is 18.3. The highest BCUT2D eigenvalue weighted by Crippen LogP contribution is 2.34. The second-order valence-corrected chi connectivity index (χ2v) is 9.00. The third kappa shape index (κ3) is 6.15. The summed E-state index contributed by atoms with van der Waals surface area (Å²) < 4.78 is 64.0. The first kappa shape index (κ1) is 24.4. The number of pyridine rings is 1. The fourth-order valence-corrected chi connectivity index (χ4v) is 3.46. The van der Waals surface area contributed by atoms with E-state index in [4.69, 9.17) is 10.9 Å². The van der Waals surface area contributed by atoms with Crippen LogP contribution in [0.4, 0.5) is 30.6 Å². The molecule has 0 saturated carbocycles.